The summed E-state index contributed by atoms with van der Waals surface area (Å²) in [5, 5.41) is 2.86. The molecule has 0 radical (unpaired) electrons. The van der Waals surface area contributed by atoms with Crippen LogP contribution in [-0.4, -0.2) is 22.4 Å². The van der Waals surface area contributed by atoms with Gasteiger partial charge in [-0.3, -0.25) is 4.79 Å². The van der Waals surface area contributed by atoms with Gasteiger partial charge in [0.1, 0.15) is 5.69 Å². The van der Waals surface area contributed by atoms with Crippen LogP contribution in [0, 0.1) is 6.92 Å². The monoisotopic (exact) mass is 360 g/mol. The lowest BCUT2D eigenvalue weighted by atomic mass is 10.1. The first-order chi connectivity index (χ1) is 13.1. The summed E-state index contributed by atoms with van der Waals surface area (Å²) < 4.78 is 0. The highest BCUT2D eigenvalue weighted by atomic mass is 16.1. The minimum absolute atomic E-state index is 0.267. The first-order valence-corrected chi connectivity index (χ1v) is 9.17. The van der Waals surface area contributed by atoms with Gasteiger partial charge in [0.15, 0.2) is 5.82 Å². The summed E-state index contributed by atoms with van der Waals surface area (Å²) in [6.45, 7) is 6.97. The lowest BCUT2D eigenvalue weighted by molar-refractivity contribution is 0.102. The lowest BCUT2D eigenvalue weighted by Crippen LogP contribution is -2.19. The third kappa shape index (κ3) is 4.50. The van der Waals surface area contributed by atoms with Crippen LogP contribution < -0.4 is 10.2 Å². The predicted molar refractivity (Wildman–Crippen MR) is 110 cm³/mol. The molecule has 0 bridgehead atoms. The summed E-state index contributed by atoms with van der Waals surface area (Å²) in [7, 11) is 0. The van der Waals surface area contributed by atoms with Gasteiger partial charge in [-0.05, 0) is 55.7 Å². The minimum Gasteiger partial charge on any atom is -0.325 e. The molecule has 0 unspecified atom stereocenters. The van der Waals surface area contributed by atoms with Crippen LogP contribution in [0.5, 0.6) is 0 Å². The molecule has 0 saturated heterocycles. The Morgan fingerprint density at radius 3 is 2.41 bits per heavy atom. The van der Waals surface area contributed by atoms with Crippen molar-refractivity contribution in [2.75, 3.05) is 16.8 Å². The number of hydrogen-bond donors (Lipinski definition) is 1. The highest BCUT2D eigenvalue weighted by Gasteiger charge is 2.12. The lowest BCUT2D eigenvalue weighted by Gasteiger charge is -2.22. The number of carbonyl (C=O) groups excluding carboxylic acids is 1. The SMILES string of the molecule is CCc1ccc(NC(=O)c2cnc(N(CC)c3cccc(C)c3)cn2)cc1. The summed E-state index contributed by atoms with van der Waals surface area (Å²) in [6, 6.07) is 16.0. The fraction of sp³-hybridized carbons (Fsp3) is 0.227. The van der Waals surface area contributed by atoms with Gasteiger partial charge in [0.2, 0.25) is 0 Å². The van der Waals surface area contributed by atoms with Crippen molar-refractivity contribution in [3.05, 3.63) is 77.7 Å². The fourth-order valence-corrected chi connectivity index (χ4v) is 2.87. The van der Waals surface area contributed by atoms with Crippen molar-refractivity contribution < 1.29 is 4.79 Å². The van der Waals surface area contributed by atoms with Crippen molar-refractivity contribution in [1.82, 2.24) is 9.97 Å². The van der Waals surface area contributed by atoms with E-state index in [2.05, 4.69) is 53.1 Å². The first kappa shape index (κ1) is 18.6. The van der Waals surface area contributed by atoms with Crippen molar-refractivity contribution in [1.29, 1.82) is 0 Å². The number of nitrogens with zero attached hydrogens (tertiary/aromatic N) is 3. The maximum absolute atomic E-state index is 12.4. The number of anilines is 3. The summed E-state index contributed by atoms with van der Waals surface area (Å²) in [5.41, 5.74) is 4.51. The van der Waals surface area contributed by atoms with Gasteiger partial charge in [-0.25, -0.2) is 9.97 Å². The Morgan fingerprint density at radius 1 is 1.04 bits per heavy atom. The summed E-state index contributed by atoms with van der Waals surface area (Å²) in [6.07, 6.45) is 4.13. The molecule has 5 nitrogen and oxygen atoms in total. The Labute approximate surface area is 160 Å². The molecular weight excluding hydrogens is 336 g/mol. The van der Waals surface area contributed by atoms with E-state index in [4.69, 9.17) is 0 Å². The second-order valence-electron chi connectivity index (χ2n) is 6.35. The zero-order valence-corrected chi connectivity index (χ0v) is 15.9. The van der Waals surface area contributed by atoms with Crippen LogP contribution in [-0.2, 0) is 6.42 Å². The molecule has 0 spiro atoms. The predicted octanol–water partition coefficient (Wildman–Crippen LogP) is 4.76. The maximum Gasteiger partial charge on any atom is 0.275 e. The van der Waals surface area contributed by atoms with E-state index in [0.717, 1.165) is 24.3 Å². The zero-order chi connectivity index (χ0) is 19.2. The normalized spacial score (nSPS) is 10.5. The number of rotatable bonds is 6. The number of carbonyl (C=O) groups is 1. The molecule has 3 aromatic rings. The molecule has 0 aliphatic rings. The van der Waals surface area contributed by atoms with Crippen molar-refractivity contribution in [3.63, 3.8) is 0 Å². The fourth-order valence-electron chi connectivity index (χ4n) is 2.87. The maximum atomic E-state index is 12.4. The number of benzene rings is 2. The van der Waals surface area contributed by atoms with E-state index >= 15 is 0 Å². The molecule has 1 heterocycles. The summed E-state index contributed by atoms with van der Waals surface area (Å²) >= 11 is 0. The van der Waals surface area contributed by atoms with Crippen molar-refractivity contribution >= 4 is 23.1 Å². The Kier molecular flexibility index (Phi) is 5.81. The van der Waals surface area contributed by atoms with E-state index in [1.807, 2.05) is 36.4 Å². The van der Waals surface area contributed by atoms with E-state index in [0.29, 0.717) is 11.5 Å². The standard InChI is InChI=1S/C22H24N4O/c1-4-17-9-11-18(12-10-17)25-22(27)20-14-24-21(15-23-20)26(5-2)19-8-6-7-16(3)13-19/h6-15H,4-5H2,1-3H3,(H,25,27). The highest BCUT2D eigenvalue weighted by molar-refractivity contribution is 6.02. The van der Waals surface area contributed by atoms with E-state index < -0.39 is 0 Å². The molecule has 1 aromatic heterocycles. The Hall–Kier alpha value is -3.21. The van der Waals surface area contributed by atoms with Gasteiger partial charge in [0.25, 0.3) is 5.91 Å². The van der Waals surface area contributed by atoms with E-state index in [1.54, 1.807) is 6.20 Å². The third-order valence-corrected chi connectivity index (χ3v) is 4.40. The van der Waals surface area contributed by atoms with Gasteiger partial charge < -0.3 is 10.2 Å². The molecule has 1 amide bonds. The quantitative estimate of drug-likeness (QED) is 0.689. The molecule has 3 rings (SSSR count). The van der Waals surface area contributed by atoms with Gasteiger partial charge in [0.05, 0.1) is 12.4 Å². The average molecular weight is 360 g/mol. The van der Waals surface area contributed by atoms with Crippen LogP contribution in [0.15, 0.2) is 60.9 Å². The summed E-state index contributed by atoms with van der Waals surface area (Å²) in [5.74, 6) is 0.448. The average Bonchev–Trinajstić information content (AvgIpc) is 2.70. The Balaban J connectivity index is 1.74. The van der Waals surface area contributed by atoms with Crippen LogP contribution in [0.25, 0.3) is 0 Å². The highest BCUT2D eigenvalue weighted by Crippen LogP contribution is 2.23. The molecule has 5 heteroatoms. The van der Waals surface area contributed by atoms with Crippen molar-refractivity contribution in [2.24, 2.45) is 0 Å². The molecule has 0 saturated carbocycles. The number of hydrogen-bond acceptors (Lipinski definition) is 4. The molecule has 2 aromatic carbocycles. The minimum atomic E-state index is -0.267. The molecular formula is C22H24N4O. The topological polar surface area (TPSA) is 58.1 Å². The van der Waals surface area contributed by atoms with Gasteiger partial charge in [-0.15, -0.1) is 0 Å². The molecule has 0 atom stereocenters. The number of amides is 1. The van der Waals surface area contributed by atoms with Gasteiger partial charge in [-0.2, -0.15) is 0 Å². The first-order valence-electron chi connectivity index (χ1n) is 9.17. The second kappa shape index (κ2) is 8.45. The number of nitrogens with one attached hydrogen (secondary N) is 1. The van der Waals surface area contributed by atoms with Crippen molar-refractivity contribution in [3.8, 4) is 0 Å². The van der Waals surface area contributed by atoms with Gasteiger partial charge >= 0.3 is 0 Å². The largest absolute Gasteiger partial charge is 0.325 e. The van der Waals surface area contributed by atoms with Crippen LogP contribution in [0.1, 0.15) is 35.5 Å². The van der Waals surface area contributed by atoms with E-state index in [-0.39, 0.29) is 5.91 Å². The van der Waals surface area contributed by atoms with Crippen LogP contribution in [0.4, 0.5) is 17.2 Å². The van der Waals surface area contributed by atoms with E-state index in [9.17, 15) is 4.79 Å². The van der Waals surface area contributed by atoms with E-state index in [1.165, 1.54) is 17.3 Å². The molecule has 0 fully saturated rings. The van der Waals surface area contributed by atoms with Gasteiger partial charge in [0, 0.05) is 17.9 Å². The molecule has 0 aliphatic carbocycles. The summed E-state index contributed by atoms with van der Waals surface area (Å²) in [4.78, 5) is 23.2. The van der Waals surface area contributed by atoms with Crippen LogP contribution in [0.3, 0.4) is 0 Å². The van der Waals surface area contributed by atoms with Gasteiger partial charge in [-0.1, -0.05) is 31.2 Å². The molecule has 0 aliphatic heterocycles. The molecule has 27 heavy (non-hydrogen) atoms. The number of aromatic nitrogens is 2. The smallest absolute Gasteiger partial charge is 0.275 e. The third-order valence-electron chi connectivity index (χ3n) is 4.40. The van der Waals surface area contributed by atoms with Crippen molar-refractivity contribution in [2.45, 2.75) is 27.2 Å². The molecule has 1 N–H and O–H groups in total. The van der Waals surface area contributed by atoms with Crippen LogP contribution >= 0.6 is 0 Å². The Morgan fingerprint density at radius 2 is 1.81 bits per heavy atom. The molecule has 138 valence electrons. The number of aryl methyl sites for hydroxylation is 2. The zero-order valence-electron chi connectivity index (χ0n) is 15.9. The Bertz CT molecular complexity index is 904. The second-order valence-corrected chi connectivity index (χ2v) is 6.35. The van der Waals surface area contributed by atoms with Crippen LogP contribution in [0.2, 0.25) is 0 Å².